The molecule has 30 heavy (non-hydrogen) atoms. The van der Waals surface area contributed by atoms with Crippen LogP contribution in [0.25, 0.3) is 11.3 Å². The number of nitrogens with one attached hydrogen (secondary N) is 1. The molecule has 6 nitrogen and oxygen atoms in total. The Kier molecular flexibility index (Phi) is 6.01. The van der Waals surface area contributed by atoms with Crippen molar-refractivity contribution < 1.29 is 27.5 Å². The Labute approximate surface area is 169 Å². The van der Waals surface area contributed by atoms with E-state index in [2.05, 4.69) is 15.0 Å². The van der Waals surface area contributed by atoms with Gasteiger partial charge in [-0.2, -0.15) is 0 Å². The van der Waals surface area contributed by atoms with Crippen LogP contribution in [0.4, 0.5) is 24.5 Å². The summed E-state index contributed by atoms with van der Waals surface area (Å²) in [7, 11) is 0. The van der Waals surface area contributed by atoms with Crippen molar-refractivity contribution in [1.82, 2.24) is 4.98 Å². The van der Waals surface area contributed by atoms with Crippen LogP contribution < -0.4 is 15.8 Å². The molecule has 0 bridgehead atoms. The zero-order chi connectivity index (χ0) is 21.7. The molecule has 3 rings (SSSR count). The summed E-state index contributed by atoms with van der Waals surface area (Å²) in [6.45, 7) is 0. The Hall–Kier alpha value is -3.88. The maximum absolute atomic E-state index is 12.5. The standard InChI is InChI=1S/C21H16F3N3O3/c22-21(23,24)30-15-7-8-16(25)18(11-15)27-20(29)12-19(28)14-5-3-4-13(10-14)17-6-1-2-9-26-17/h1-11H,12,25H2,(H,27,29). The second-order valence-electron chi connectivity index (χ2n) is 6.24. The second kappa shape index (κ2) is 8.64. The third kappa shape index (κ3) is 5.57. The van der Waals surface area contributed by atoms with Crippen LogP contribution in [0.2, 0.25) is 0 Å². The summed E-state index contributed by atoms with van der Waals surface area (Å²) in [5, 5.41) is 2.34. The number of halogens is 3. The van der Waals surface area contributed by atoms with Crippen LogP contribution >= 0.6 is 0 Å². The van der Waals surface area contributed by atoms with E-state index in [4.69, 9.17) is 5.73 Å². The first-order chi connectivity index (χ1) is 14.2. The zero-order valence-electron chi connectivity index (χ0n) is 15.4. The number of Topliss-reactive ketones (excluding diaryl/α,β-unsaturated/α-hetero) is 1. The number of nitrogens with two attached hydrogens (primary N) is 1. The lowest BCUT2D eigenvalue weighted by Gasteiger charge is -2.12. The van der Waals surface area contributed by atoms with Gasteiger partial charge in [0.2, 0.25) is 5.91 Å². The molecule has 0 aliphatic carbocycles. The molecule has 1 aromatic heterocycles. The molecule has 0 spiro atoms. The maximum atomic E-state index is 12.5. The Bertz CT molecular complexity index is 1070. The van der Waals surface area contributed by atoms with Crippen molar-refractivity contribution in [3.8, 4) is 17.0 Å². The van der Waals surface area contributed by atoms with Gasteiger partial charge in [0.1, 0.15) is 5.75 Å². The fourth-order valence-electron chi connectivity index (χ4n) is 2.67. The number of aromatic nitrogens is 1. The summed E-state index contributed by atoms with van der Waals surface area (Å²) in [4.78, 5) is 28.9. The van der Waals surface area contributed by atoms with Gasteiger partial charge >= 0.3 is 6.36 Å². The van der Waals surface area contributed by atoms with Gasteiger partial charge in [-0.25, -0.2) is 0 Å². The summed E-state index contributed by atoms with van der Waals surface area (Å²) in [6, 6.07) is 15.1. The summed E-state index contributed by atoms with van der Waals surface area (Å²) in [6.07, 6.45) is -3.78. The number of nitrogens with zero attached hydrogens (tertiary/aromatic N) is 1. The van der Waals surface area contributed by atoms with E-state index in [1.54, 1.807) is 42.6 Å². The summed E-state index contributed by atoms with van der Waals surface area (Å²) >= 11 is 0. The van der Waals surface area contributed by atoms with Crippen LogP contribution in [0.5, 0.6) is 5.75 Å². The van der Waals surface area contributed by atoms with Gasteiger partial charge in [0, 0.05) is 23.4 Å². The molecule has 0 aliphatic heterocycles. The first-order valence-electron chi connectivity index (χ1n) is 8.71. The number of rotatable bonds is 6. The predicted molar refractivity (Wildman–Crippen MR) is 105 cm³/mol. The normalized spacial score (nSPS) is 11.0. The molecule has 0 saturated carbocycles. The van der Waals surface area contributed by atoms with Crippen LogP contribution in [0.1, 0.15) is 16.8 Å². The number of hydrogen-bond donors (Lipinski definition) is 2. The molecule has 1 amide bonds. The van der Waals surface area contributed by atoms with Crippen molar-refractivity contribution in [3.63, 3.8) is 0 Å². The molecule has 0 unspecified atom stereocenters. The number of anilines is 2. The maximum Gasteiger partial charge on any atom is 0.573 e. The van der Waals surface area contributed by atoms with E-state index in [0.29, 0.717) is 16.8 Å². The lowest BCUT2D eigenvalue weighted by Crippen LogP contribution is -2.19. The topological polar surface area (TPSA) is 94.3 Å². The fraction of sp³-hybridized carbons (Fsp3) is 0.0952. The Morgan fingerprint density at radius 1 is 1.03 bits per heavy atom. The van der Waals surface area contributed by atoms with Crippen LogP contribution in [0.15, 0.2) is 66.9 Å². The van der Waals surface area contributed by atoms with Crippen molar-refractivity contribution in [2.45, 2.75) is 12.8 Å². The molecule has 3 N–H and O–H groups in total. The van der Waals surface area contributed by atoms with Gasteiger partial charge in [-0.1, -0.05) is 24.3 Å². The molecule has 9 heteroatoms. The average molecular weight is 415 g/mol. The summed E-state index contributed by atoms with van der Waals surface area (Å²) < 4.78 is 40.9. The molecule has 154 valence electrons. The fourth-order valence-corrected chi connectivity index (χ4v) is 2.67. The third-order valence-electron chi connectivity index (χ3n) is 4.00. The van der Waals surface area contributed by atoms with E-state index >= 15 is 0 Å². The number of benzene rings is 2. The molecule has 3 aromatic rings. The monoisotopic (exact) mass is 415 g/mol. The van der Waals surface area contributed by atoms with E-state index in [1.165, 1.54) is 0 Å². The molecular formula is C21H16F3N3O3. The lowest BCUT2D eigenvalue weighted by atomic mass is 10.0. The van der Waals surface area contributed by atoms with Crippen molar-refractivity contribution in [3.05, 3.63) is 72.4 Å². The SMILES string of the molecule is Nc1ccc(OC(F)(F)F)cc1NC(=O)CC(=O)c1cccc(-c2ccccn2)c1. The van der Waals surface area contributed by atoms with Gasteiger partial charge in [0.25, 0.3) is 0 Å². The van der Waals surface area contributed by atoms with E-state index in [0.717, 1.165) is 18.2 Å². The number of ketones is 1. The molecule has 0 aliphatic rings. The largest absolute Gasteiger partial charge is 0.573 e. The van der Waals surface area contributed by atoms with E-state index in [-0.39, 0.29) is 11.4 Å². The number of nitrogen functional groups attached to an aromatic ring is 1. The van der Waals surface area contributed by atoms with Crippen LogP contribution in [-0.2, 0) is 4.79 Å². The first-order valence-corrected chi connectivity index (χ1v) is 8.71. The highest BCUT2D eigenvalue weighted by Gasteiger charge is 2.31. The highest BCUT2D eigenvalue weighted by atomic mass is 19.4. The second-order valence-corrected chi connectivity index (χ2v) is 6.24. The number of carbonyl (C=O) groups is 2. The Balaban J connectivity index is 1.70. The van der Waals surface area contributed by atoms with Crippen molar-refractivity contribution in [1.29, 1.82) is 0 Å². The summed E-state index contributed by atoms with van der Waals surface area (Å²) in [5.74, 6) is -1.73. The van der Waals surface area contributed by atoms with Crippen molar-refractivity contribution >= 4 is 23.1 Å². The minimum atomic E-state index is -4.88. The van der Waals surface area contributed by atoms with Gasteiger partial charge in [-0.15, -0.1) is 13.2 Å². The molecule has 0 atom stereocenters. The number of carbonyl (C=O) groups excluding carboxylic acids is 2. The van der Waals surface area contributed by atoms with Gasteiger partial charge in [0.05, 0.1) is 23.5 Å². The van der Waals surface area contributed by atoms with Crippen LogP contribution in [0.3, 0.4) is 0 Å². The highest BCUT2D eigenvalue weighted by molar-refractivity contribution is 6.11. The average Bonchev–Trinajstić information content (AvgIpc) is 2.70. The first kappa shape index (κ1) is 20.8. The van der Waals surface area contributed by atoms with Crippen molar-refractivity contribution in [2.24, 2.45) is 0 Å². The van der Waals surface area contributed by atoms with Gasteiger partial charge in [-0.05, 0) is 30.3 Å². The lowest BCUT2D eigenvalue weighted by molar-refractivity contribution is -0.274. The number of alkyl halides is 3. The quantitative estimate of drug-likeness (QED) is 0.353. The zero-order valence-corrected chi connectivity index (χ0v) is 15.4. The molecule has 1 heterocycles. The number of amides is 1. The van der Waals surface area contributed by atoms with E-state index in [9.17, 15) is 22.8 Å². The van der Waals surface area contributed by atoms with Gasteiger partial charge in [-0.3, -0.25) is 14.6 Å². The minimum absolute atomic E-state index is 0.0301. The number of hydrogen-bond acceptors (Lipinski definition) is 5. The summed E-state index contributed by atoms with van der Waals surface area (Å²) in [5.41, 5.74) is 7.31. The van der Waals surface area contributed by atoms with Gasteiger partial charge in [0.15, 0.2) is 5.78 Å². The molecular weight excluding hydrogens is 399 g/mol. The minimum Gasteiger partial charge on any atom is -0.406 e. The number of ether oxygens (including phenoxy) is 1. The molecule has 0 radical (unpaired) electrons. The third-order valence-corrected chi connectivity index (χ3v) is 4.00. The van der Waals surface area contributed by atoms with E-state index < -0.39 is 30.2 Å². The molecule has 2 aromatic carbocycles. The molecule has 0 fully saturated rings. The van der Waals surface area contributed by atoms with Crippen LogP contribution in [-0.4, -0.2) is 23.0 Å². The predicted octanol–water partition coefficient (Wildman–Crippen LogP) is 4.44. The highest BCUT2D eigenvalue weighted by Crippen LogP contribution is 2.29. The van der Waals surface area contributed by atoms with Crippen LogP contribution in [0, 0.1) is 0 Å². The smallest absolute Gasteiger partial charge is 0.406 e. The van der Waals surface area contributed by atoms with E-state index in [1.807, 2.05) is 6.07 Å². The van der Waals surface area contributed by atoms with Crippen molar-refractivity contribution in [2.75, 3.05) is 11.1 Å². The molecule has 0 saturated heterocycles. The Morgan fingerprint density at radius 3 is 2.53 bits per heavy atom. The Morgan fingerprint density at radius 2 is 1.83 bits per heavy atom. The van der Waals surface area contributed by atoms with Gasteiger partial charge < -0.3 is 15.8 Å². The number of pyridine rings is 1.